The highest BCUT2D eigenvalue weighted by molar-refractivity contribution is 7.91. The molecule has 144 valence electrons. The Kier molecular flexibility index (Phi) is 5.52. The molecular formula is C18H23Cl2NO3S2. The molecule has 1 aliphatic heterocycles. The normalized spacial score (nSPS) is 28.6. The Morgan fingerprint density at radius 1 is 1.42 bits per heavy atom. The molecule has 4 nitrogen and oxygen atoms in total. The lowest BCUT2D eigenvalue weighted by atomic mass is 10.1. The van der Waals surface area contributed by atoms with Gasteiger partial charge in [-0.05, 0) is 47.8 Å². The van der Waals surface area contributed by atoms with Crippen molar-refractivity contribution in [2.24, 2.45) is 17.3 Å². The van der Waals surface area contributed by atoms with Crippen molar-refractivity contribution in [1.29, 1.82) is 0 Å². The van der Waals surface area contributed by atoms with E-state index in [1.54, 1.807) is 22.3 Å². The van der Waals surface area contributed by atoms with E-state index >= 15 is 0 Å². The van der Waals surface area contributed by atoms with Crippen LogP contribution in [0.15, 0.2) is 22.0 Å². The molecule has 1 aliphatic carbocycles. The van der Waals surface area contributed by atoms with E-state index in [1.807, 2.05) is 32.2 Å². The summed E-state index contributed by atoms with van der Waals surface area (Å²) < 4.78 is 24.1. The highest BCUT2D eigenvalue weighted by Crippen LogP contribution is 2.60. The molecule has 0 N–H and O–H groups in total. The van der Waals surface area contributed by atoms with Gasteiger partial charge in [0.25, 0.3) is 0 Å². The van der Waals surface area contributed by atoms with Crippen molar-refractivity contribution in [3.8, 4) is 0 Å². The molecule has 1 saturated heterocycles. The van der Waals surface area contributed by atoms with Gasteiger partial charge < -0.3 is 4.90 Å². The lowest BCUT2D eigenvalue weighted by Crippen LogP contribution is -2.42. The summed E-state index contributed by atoms with van der Waals surface area (Å²) in [5, 5.41) is 2.00. The maximum Gasteiger partial charge on any atom is 0.227 e. The van der Waals surface area contributed by atoms with Crippen molar-refractivity contribution in [2.75, 3.05) is 11.5 Å². The number of thiophene rings is 1. The third kappa shape index (κ3) is 3.98. The molecule has 1 saturated carbocycles. The zero-order chi connectivity index (χ0) is 19.3. The molecule has 0 aromatic carbocycles. The fourth-order valence-electron chi connectivity index (χ4n) is 3.90. The fourth-order valence-corrected chi connectivity index (χ4v) is 6.81. The first-order valence-corrected chi connectivity index (χ1v) is 12.1. The smallest absolute Gasteiger partial charge is 0.227 e. The van der Waals surface area contributed by atoms with Crippen LogP contribution in [-0.4, -0.2) is 36.8 Å². The number of halogens is 2. The van der Waals surface area contributed by atoms with E-state index in [4.69, 9.17) is 23.2 Å². The number of hydrogen-bond donors (Lipinski definition) is 0. The van der Waals surface area contributed by atoms with Gasteiger partial charge in [-0.2, -0.15) is 0 Å². The molecule has 0 radical (unpaired) electrons. The van der Waals surface area contributed by atoms with Gasteiger partial charge >= 0.3 is 0 Å². The van der Waals surface area contributed by atoms with Gasteiger partial charge in [-0.25, -0.2) is 8.42 Å². The first kappa shape index (κ1) is 20.2. The first-order valence-electron chi connectivity index (χ1n) is 8.59. The topological polar surface area (TPSA) is 54.5 Å². The standard InChI is InChI=1S/C18H23Cl2NO3S2/c1-11-4-6-25-14(11)9-21(12-5-7-26(23,24)10-12)17(22)16-13(8-15(19)20)18(16,2)3/h4,6,8,12-13,16H,5,7,9-10H2,1-3H3/t12-,13-,16-/m1/s1. The minimum absolute atomic E-state index is 0.000679. The first-order chi connectivity index (χ1) is 12.0. The number of aryl methyl sites for hydroxylation is 1. The number of amides is 1. The van der Waals surface area contributed by atoms with Crippen molar-refractivity contribution in [1.82, 2.24) is 4.90 Å². The molecule has 2 fully saturated rings. The van der Waals surface area contributed by atoms with Crippen LogP contribution in [0.5, 0.6) is 0 Å². The van der Waals surface area contributed by atoms with Gasteiger partial charge in [-0.15, -0.1) is 11.3 Å². The van der Waals surface area contributed by atoms with E-state index in [0.717, 1.165) is 10.4 Å². The van der Waals surface area contributed by atoms with Gasteiger partial charge in [0, 0.05) is 10.9 Å². The van der Waals surface area contributed by atoms with Crippen LogP contribution >= 0.6 is 34.5 Å². The van der Waals surface area contributed by atoms with Gasteiger partial charge in [0.15, 0.2) is 9.84 Å². The van der Waals surface area contributed by atoms with Crippen LogP contribution in [0.3, 0.4) is 0 Å². The molecule has 0 unspecified atom stereocenters. The molecule has 2 aliphatic rings. The molecule has 0 spiro atoms. The Labute approximate surface area is 169 Å². The second kappa shape index (κ2) is 7.12. The molecular weight excluding hydrogens is 413 g/mol. The summed E-state index contributed by atoms with van der Waals surface area (Å²) in [6.45, 7) is 6.51. The van der Waals surface area contributed by atoms with Crippen molar-refractivity contribution < 1.29 is 13.2 Å². The van der Waals surface area contributed by atoms with Crippen LogP contribution in [0.25, 0.3) is 0 Å². The molecule has 1 aromatic rings. The lowest BCUT2D eigenvalue weighted by Gasteiger charge is -2.29. The monoisotopic (exact) mass is 435 g/mol. The largest absolute Gasteiger partial charge is 0.333 e. The second-order valence-corrected chi connectivity index (χ2v) is 12.1. The van der Waals surface area contributed by atoms with Gasteiger partial charge in [0.2, 0.25) is 5.91 Å². The van der Waals surface area contributed by atoms with Crippen molar-refractivity contribution >= 4 is 50.3 Å². The van der Waals surface area contributed by atoms with Crippen LogP contribution in [0.2, 0.25) is 0 Å². The summed E-state index contributed by atoms with van der Waals surface area (Å²) in [6, 6.07) is 1.76. The molecule has 26 heavy (non-hydrogen) atoms. The number of hydrogen-bond acceptors (Lipinski definition) is 4. The van der Waals surface area contributed by atoms with E-state index in [2.05, 4.69) is 0 Å². The highest BCUT2D eigenvalue weighted by atomic mass is 35.5. The predicted octanol–water partition coefficient (Wildman–Crippen LogP) is 4.16. The quantitative estimate of drug-likeness (QED) is 0.697. The minimum atomic E-state index is -3.07. The summed E-state index contributed by atoms with van der Waals surface area (Å²) in [5.74, 6) is -0.0488. The number of allylic oxidation sites excluding steroid dienone is 1. The third-order valence-corrected chi connectivity index (χ3v) is 8.71. The van der Waals surface area contributed by atoms with Crippen LogP contribution < -0.4 is 0 Å². The molecule has 3 rings (SSSR count). The third-order valence-electron chi connectivity index (χ3n) is 5.70. The Balaban J connectivity index is 1.87. The maximum atomic E-state index is 13.4. The van der Waals surface area contributed by atoms with Crippen molar-refractivity contribution in [3.63, 3.8) is 0 Å². The molecule has 0 bridgehead atoms. The number of carbonyl (C=O) groups is 1. The van der Waals surface area contributed by atoms with Crippen molar-refractivity contribution in [2.45, 2.75) is 39.8 Å². The van der Waals surface area contributed by atoms with Crippen LogP contribution in [0.1, 0.15) is 30.7 Å². The van der Waals surface area contributed by atoms with Gasteiger partial charge in [0.05, 0.1) is 24.0 Å². The average molecular weight is 436 g/mol. The molecule has 1 aromatic heterocycles. The van der Waals surface area contributed by atoms with Gasteiger partial charge in [0.1, 0.15) is 4.49 Å². The summed E-state index contributed by atoms with van der Waals surface area (Å²) in [6.07, 6.45) is 2.23. The van der Waals surface area contributed by atoms with Gasteiger partial charge in [-0.3, -0.25) is 4.79 Å². The zero-order valence-corrected chi connectivity index (χ0v) is 18.2. The summed E-state index contributed by atoms with van der Waals surface area (Å²) in [7, 11) is -3.07. The van der Waals surface area contributed by atoms with E-state index in [0.29, 0.717) is 13.0 Å². The number of sulfone groups is 1. The highest BCUT2D eigenvalue weighted by Gasteiger charge is 2.62. The second-order valence-electron chi connectivity index (χ2n) is 7.83. The molecule has 2 heterocycles. The molecule has 1 amide bonds. The Bertz CT molecular complexity index is 840. The molecule has 8 heteroatoms. The molecule has 3 atom stereocenters. The Morgan fingerprint density at radius 2 is 2.12 bits per heavy atom. The number of carbonyl (C=O) groups excluding carboxylic acids is 1. The summed E-state index contributed by atoms with van der Waals surface area (Å²) in [4.78, 5) is 16.3. The minimum Gasteiger partial charge on any atom is -0.333 e. The van der Waals surface area contributed by atoms with Crippen LogP contribution in [-0.2, 0) is 21.2 Å². The predicted molar refractivity (Wildman–Crippen MR) is 107 cm³/mol. The Morgan fingerprint density at radius 3 is 2.62 bits per heavy atom. The van der Waals surface area contributed by atoms with Gasteiger partial charge in [-0.1, -0.05) is 37.0 Å². The van der Waals surface area contributed by atoms with Crippen molar-refractivity contribution in [3.05, 3.63) is 32.5 Å². The Hall–Kier alpha value is -0.560. The zero-order valence-electron chi connectivity index (χ0n) is 15.0. The maximum absolute atomic E-state index is 13.4. The summed E-state index contributed by atoms with van der Waals surface area (Å²) >= 11 is 13.2. The number of nitrogens with zero attached hydrogens (tertiary/aromatic N) is 1. The van der Waals surface area contributed by atoms with E-state index in [1.165, 1.54) is 0 Å². The number of rotatable bonds is 5. The fraction of sp³-hybridized carbons (Fsp3) is 0.611. The SMILES string of the molecule is Cc1ccsc1CN(C(=O)[C@H]1[C@@H](C=C(Cl)Cl)C1(C)C)[C@@H]1CCS(=O)(=O)C1. The van der Waals surface area contributed by atoms with Crippen LogP contribution in [0, 0.1) is 24.2 Å². The van der Waals surface area contributed by atoms with E-state index in [9.17, 15) is 13.2 Å². The van der Waals surface area contributed by atoms with Crippen LogP contribution in [0.4, 0.5) is 0 Å². The summed E-state index contributed by atoms with van der Waals surface area (Å²) in [5.41, 5.74) is 0.899. The average Bonchev–Trinajstić information content (AvgIpc) is 2.83. The lowest BCUT2D eigenvalue weighted by molar-refractivity contribution is -0.136. The van der Waals surface area contributed by atoms with E-state index < -0.39 is 9.84 Å². The van der Waals surface area contributed by atoms with E-state index in [-0.39, 0.29) is 45.2 Å².